The smallest absolute Gasteiger partial charge is 0.0897 e. The molecule has 0 amide bonds. The molecule has 0 spiro atoms. The molecule has 3 heterocycles. The van der Waals surface area contributed by atoms with Crippen molar-refractivity contribution in [3.63, 3.8) is 0 Å². The number of rotatable bonds is 2. The maximum Gasteiger partial charge on any atom is 0.0897 e. The van der Waals surface area contributed by atoms with Gasteiger partial charge >= 0.3 is 0 Å². The molecule has 2 aliphatic rings. The molecule has 1 aromatic rings. The first kappa shape index (κ1) is 12.6. The average Bonchev–Trinajstić information content (AvgIpc) is 2.76. The lowest BCUT2D eigenvalue weighted by Crippen LogP contribution is -2.58. The maximum atomic E-state index is 4.37. The quantitative estimate of drug-likeness (QED) is 0.819. The van der Waals surface area contributed by atoms with Crippen LogP contribution in [0, 0.1) is 6.92 Å². The van der Waals surface area contributed by atoms with Gasteiger partial charge in [0, 0.05) is 42.8 Å². The molecule has 0 saturated carbocycles. The number of thiazole rings is 1. The lowest BCUT2D eigenvalue weighted by Gasteiger charge is -2.47. The zero-order valence-corrected chi connectivity index (χ0v) is 12.2. The summed E-state index contributed by atoms with van der Waals surface area (Å²) in [6.45, 7) is 9.38. The van der Waals surface area contributed by atoms with Crippen molar-refractivity contribution in [2.75, 3.05) is 19.6 Å². The van der Waals surface area contributed by atoms with Crippen molar-refractivity contribution < 1.29 is 0 Å². The zero-order valence-electron chi connectivity index (χ0n) is 11.4. The summed E-state index contributed by atoms with van der Waals surface area (Å²) in [7, 11) is 0. The Kier molecular flexibility index (Phi) is 3.68. The van der Waals surface area contributed by atoms with Gasteiger partial charge in [0.1, 0.15) is 0 Å². The number of fused-ring (bicyclic) bond motifs is 1. The van der Waals surface area contributed by atoms with Gasteiger partial charge in [-0.1, -0.05) is 6.42 Å². The summed E-state index contributed by atoms with van der Waals surface area (Å²) in [4.78, 5) is 11.2. The third kappa shape index (κ3) is 2.60. The molecule has 4 heteroatoms. The Hall–Kier alpha value is -0.450. The Labute approximate surface area is 114 Å². The first-order chi connectivity index (χ1) is 8.72. The summed E-state index contributed by atoms with van der Waals surface area (Å²) in [5.74, 6) is 0. The first-order valence-electron chi connectivity index (χ1n) is 7.12. The van der Waals surface area contributed by atoms with E-state index < -0.39 is 0 Å². The van der Waals surface area contributed by atoms with E-state index in [0.29, 0.717) is 6.04 Å². The molecule has 0 bridgehead atoms. The van der Waals surface area contributed by atoms with E-state index in [-0.39, 0.29) is 0 Å². The minimum atomic E-state index is 0.682. The Bertz CT molecular complexity index is 403. The number of hydrogen-bond acceptors (Lipinski definition) is 4. The van der Waals surface area contributed by atoms with Crippen LogP contribution in [-0.4, -0.2) is 46.5 Å². The lowest BCUT2D eigenvalue weighted by atomic mass is 9.97. The standard InChI is InChI=1S/C14H23N3S/c1-11-8-16-6-4-3-5-13(16)9-17(11)10-14-7-15-12(2)18-14/h7,11,13H,3-6,8-10H2,1-2H3. The van der Waals surface area contributed by atoms with Gasteiger partial charge in [0.15, 0.2) is 0 Å². The number of piperazine rings is 1. The molecule has 2 aliphatic heterocycles. The van der Waals surface area contributed by atoms with Gasteiger partial charge in [-0.25, -0.2) is 4.98 Å². The summed E-state index contributed by atoms with van der Waals surface area (Å²) in [6, 6.07) is 1.49. The fourth-order valence-electron chi connectivity index (χ4n) is 3.31. The summed E-state index contributed by atoms with van der Waals surface area (Å²) in [6.07, 6.45) is 6.27. The summed E-state index contributed by atoms with van der Waals surface area (Å²) >= 11 is 1.85. The largest absolute Gasteiger partial charge is 0.298 e. The number of hydrogen-bond donors (Lipinski definition) is 0. The van der Waals surface area contributed by atoms with Crippen LogP contribution in [0.15, 0.2) is 6.20 Å². The molecule has 1 aromatic heterocycles. The normalized spacial score (nSPS) is 30.3. The molecule has 3 rings (SSSR count). The molecule has 0 aliphatic carbocycles. The van der Waals surface area contributed by atoms with Crippen LogP contribution in [0.1, 0.15) is 36.1 Å². The Morgan fingerprint density at radius 2 is 2.28 bits per heavy atom. The second-order valence-corrected chi connectivity index (χ2v) is 7.09. The SMILES string of the molecule is Cc1ncc(CN2CC3CCCCN3CC2C)s1. The Morgan fingerprint density at radius 1 is 1.39 bits per heavy atom. The fraction of sp³-hybridized carbons (Fsp3) is 0.786. The van der Waals surface area contributed by atoms with Gasteiger partial charge in [0.25, 0.3) is 0 Å². The highest BCUT2D eigenvalue weighted by atomic mass is 32.1. The van der Waals surface area contributed by atoms with Crippen LogP contribution in [0.3, 0.4) is 0 Å². The van der Waals surface area contributed by atoms with Gasteiger partial charge in [-0.2, -0.15) is 0 Å². The fourth-order valence-corrected chi connectivity index (χ4v) is 4.13. The van der Waals surface area contributed by atoms with Crippen LogP contribution < -0.4 is 0 Å². The Morgan fingerprint density at radius 3 is 3.06 bits per heavy atom. The molecule has 0 N–H and O–H groups in total. The van der Waals surface area contributed by atoms with Crippen molar-refractivity contribution in [3.05, 3.63) is 16.1 Å². The van der Waals surface area contributed by atoms with Crippen LogP contribution in [-0.2, 0) is 6.54 Å². The zero-order chi connectivity index (χ0) is 12.5. The van der Waals surface area contributed by atoms with Gasteiger partial charge in [0.2, 0.25) is 0 Å². The number of piperidine rings is 1. The predicted octanol–water partition coefficient (Wildman–Crippen LogP) is 2.51. The molecule has 0 radical (unpaired) electrons. The predicted molar refractivity (Wildman–Crippen MR) is 75.9 cm³/mol. The number of aromatic nitrogens is 1. The van der Waals surface area contributed by atoms with Gasteiger partial charge in [-0.05, 0) is 33.2 Å². The van der Waals surface area contributed by atoms with E-state index >= 15 is 0 Å². The van der Waals surface area contributed by atoms with Crippen LogP contribution in [0.4, 0.5) is 0 Å². The number of aryl methyl sites for hydroxylation is 1. The van der Waals surface area contributed by atoms with E-state index in [0.717, 1.165) is 12.6 Å². The lowest BCUT2D eigenvalue weighted by molar-refractivity contribution is 0.0115. The van der Waals surface area contributed by atoms with Crippen molar-refractivity contribution in [2.24, 2.45) is 0 Å². The van der Waals surface area contributed by atoms with Crippen molar-refractivity contribution in [1.82, 2.24) is 14.8 Å². The summed E-state index contributed by atoms with van der Waals surface area (Å²) in [5.41, 5.74) is 0. The highest BCUT2D eigenvalue weighted by molar-refractivity contribution is 7.11. The summed E-state index contributed by atoms with van der Waals surface area (Å²) in [5, 5.41) is 1.19. The first-order valence-corrected chi connectivity index (χ1v) is 7.93. The Balaban J connectivity index is 1.65. The third-order valence-corrected chi connectivity index (χ3v) is 5.24. The van der Waals surface area contributed by atoms with Crippen LogP contribution >= 0.6 is 11.3 Å². The molecular weight excluding hydrogens is 242 g/mol. The van der Waals surface area contributed by atoms with Gasteiger partial charge in [-0.3, -0.25) is 9.80 Å². The highest BCUT2D eigenvalue weighted by Crippen LogP contribution is 2.26. The third-order valence-electron chi connectivity index (χ3n) is 4.34. The molecule has 2 unspecified atom stereocenters. The molecular formula is C14H23N3S. The molecule has 100 valence electrons. The topological polar surface area (TPSA) is 19.4 Å². The van der Waals surface area contributed by atoms with Gasteiger partial charge in [-0.15, -0.1) is 11.3 Å². The van der Waals surface area contributed by atoms with E-state index in [9.17, 15) is 0 Å². The molecule has 18 heavy (non-hydrogen) atoms. The van der Waals surface area contributed by atoms with Crippen molar-refractivity contribution in [3.8, 4) is 0 Å². The highest BCUT2D eigenvalue weighted by Gasteiger charge is 2.32. The van der Waals surface area contributed by atoms with E-state index in [2.05, 4.69) is 34.8 Å². The second kappa shape index (κ2) is 5.27. The van der Waals surface area contributed by atoms with E-state index in [1.165, 1.54) is 48.8 Å². The minimum absolute atomic E-state index is 0.682. The molecule has 2 atom stereocenters. The monoisotopic (exact) mass is 265 g/mol. The van der Waals surface area contributed by atoms with Crippen LogP contribution in [0.2, 0.25) is 0 Å². The number of nitrogens with zero attached hydrogens (tertiary/aromatic N) is 3. The molecule has 3 nitrogen and oxygen atoms in total. The van der Waals surface area contributed by atoms with E-state index in [4.69, 9.17) is 0 Å². The molecule has 2 saturated heterocycles. The molecule has 2 fully saturated rings. The van der Waals surface area contributed by atoms with E-state index in [1.54, 1.807) is 0 Å². The maximum absolute atomic E-state index is 4.37. The van der Waals surface area contributed by atoms with Crippen LogP contribution in [0.25, 0.3) is 0 Å². The van der Waals surface area contributed by atoms with Crippen LogP contribution in [0.5, 0.6) is 0 Å². The van der Waals surface area contributed by atoms with Gasteiger partial charge in [0.05, 0.1) is 5.01 Å². The van der Waals surface area contributed by atoms with Gasteiger partial charge < -0.3 is 0 Å². The minimum Gasteiger partial charge on any atom is -0.298 e. The van der Waals surface area contributed by atoms with E-state index in [1.807, 2.05) is 11.3 Å². The second-order valence-electron chi connectivity index (χ2n) is 5.77. The molecule has 0 aromatic carbocycles. The van der Waals surface area contributed by atoms with Crippen molar-refractivity contribution in [1.29, 1.82) is 0 Å². The van der Waals surface area contributed by atoms with Crippen molar-refractivity contribution in [2.45, 2.75) is 51.7 Å². The summed E-state index contributed by atoms with van der Waals surface area (Å²) < 4.78 is 0. The average molecular weight is 265 g/mol. The van der Waals surface area contributed by atoms with Crippen molar-refractivity contribution >= 4 is 11.3 Å².